The summed E-state index contributed by atoms with van der Waals surface area (Å²) in [7, 11) is 0. The van der Waals surface area contributed by atoms with Crippen molar-refractivity contribution in [3.05, 3.63) is 59.9 Å². The molecule has 0 aliphatic rings. The van der Waals surface area contributed by atoms with E-state index in [2.05, 4.69) is 10.3 Å². The third kappa shape index (κ3) is 4.03. The van der Waals surface area contributed by atoms with Gasteiger partial charge in [-0.25, -0.2) is 4.98 Å². The first kappa shape index (κ1) is 18.7. The lowest BCUT2D eigenvalue weighted by Crippen LogP contribution is -2.38. The predicted octanol–water partition coefficient (Wildman–Crippen LogP) is 3.60. The highest BCUT2D eigenvalue weighted by Crippen LogP contribution is 2.35. The number of carboxylic acid groups (broad SMARTS) is 1. The smallest absolute Gasteiger partial charge is 0.325 e. The molecule has 138 valence electrons. The average molecular weight is 382 g/mol. The number of carbonyl (C=O) groups is 2. The van der Waals surface area contributed by atoms with Gasteiger partial charge in [-0.2, -0.15) is 0 Å². The van der Waals surface area contributed by atoms with Crippen molar-refractivity contribution in [2.75, 3.05) is 0 Å². The summed E-state index contributed by atoms with van der Waals surface area (Å²) in [6, 6.07) is 14.3. The van der Waals surface area contributed by atoms with Crippen molar-refractivity contribution in [1.29, 1.82) is 0 Å². The number of pyridine rings is 1. The molecule has 7 heteroatoms. The van der Waals surface area contributed by atoms with Crippen molar-refractivity contribution >= 4 is 34.4 Å². The molecule has 1 heterocycles. The number of nitrogens with zero attached hydrogens (tertiary/aromatic N) is 1. The van der Waals surface area contributed by atoms with Crippen LogP contribution in [-0.2, 0) is 4.79 Å². The summed E-state index contributed by atoms with van der Waals surface area (Å²) in [4.78, 5) is 29.5. The minimum absolute atomic E-state index is 0.184. The first-order valence-corrected chi connectivity index (χ1v) is 9.08. The Bertz CT molecular complexity index is 1020. The van der Waals surface area contributed by atoms with Gasteiger partial charge in [0.25, 0.3) is 5.91 Å². The second kappa shape index (κ2) is 7.67. The summed E-state index contributed by atoms with van der Waals surface area (Å²) < 4.78 is 0. The van der Waals surface area contributed by atoms with Gasteiger partial charge in [0, 0.05) is 26.3 Å². The molecule has 3 N–H and O–H groups in total. The molecule has 3 rings (SSSR count). The Labute approximate surface area is 160 Å². The standard InChI is InChI=1S/C20H18N2O4S/c1-11-16-10-14(27-13-6-4-3-5-7-13)8-9-15(16)18(23)17(21-11)19(24)22-12(2)20(25)26/h3-10,12,23H,1-2H3,(H,22,24)(H,25,26). The molecule has 0 aliphatic heterocycles. The highest BCUT2D eigenvalue weighted by molar-refractivity contribution is 7.99. The van der Waals surface area contributed by atoms with Crippen molar-refractivity contribution in [2.45, 2.75) is 29.7 Å². The summed E-state index contributed by atoms with van der Waals surface area (Å²) in [5.74, 6) is -2.15. The molecule has 1 unspecified atom stereocenters. The monoisotopic (exact) mass is 382 g/mol. The van der Waals surface area contributed by atoms with E-state index in [9.17, 15) is 14.7 Å². The number of hydrogen-bond acceptors (Lipinski definition) is 5. The minimum atomic E-state index is -1.16. The van der Waals surface area contributed by atoms with Crippen LogP contribution in [0.25, 0.3) is 10.8 Å². The summed E-state index contributed by atoms with van der Waals surface area (Å²) in [6.07, 6.45) is 0. The van der Waals surface area contributed by atoms with E-state index in [1.165, 1.54) is 6.92 Å². The van der Waals surface area contributed by atoms with Gasteiger partial charge in [-0.05, 0) is 44.2 Å². The number of hydrogen-bond donors (Lipinski definition) is 3. The van der Waals surface area contributed by atoms with Gasteiger partial charge in [0.1, 0.15) is 6.04 Å². The third-order valence-electron chi connectivity index (χ3n) is 4.05. The maximum absolute atomic E-state index is 12.3. The van der Waals surface area contributed by atoms with E-state index in [4.69, 9.17) is 5.11 Å². The topological polar surface area (TPSA) is 99.5 Å². The number of aromatic hydroxyl groups is 1. The Morgan fingerprint density at radius 3 is 2.44 bits per heavy atom. The number of aryl methyl sites for hydroxylation is 1. The fourth-order valence-corrected chi connectivity index (χ4v) is 3.49. The Balaban J connectivity index is 1.96. The van der Waals surface area contributed by atoms with Gasteiger partial charge in [-0.1, -0.05) is 30.0 Å². The zero-order chi connectivity index (χ0) is 19.6. The van der Waals surface area contributed by atoms with E-state index in [1.807, 2.05) is 42.5 Å². The number of carboxylic acids is 1. The first-order chi connectivity index (χ1) is 12.9. The van der Waals surface area contributed by atoms with Gasteiger partial charge in [0.15, 0.2) is 11.4 Å². The van der Waals surface area contributed by atoms with Crippen molar-refractivity contribution in [1.82, 2.24) is 10.3 Å². The maximum Gasteiger partial charge on any atom is 0.325 e. The average Bonchev–Trinajstić information content (AvgIpc) is 2.65. The second-order valence-electron chi connectivity index (χ2n) is 6.05. The minimum Gasteiger partial charge on any atom is -0.505 e. The van der Waals surface area contributed by atoms with Crippen LogP contribution in [0.2, 0.25) is 0 Å². The lowest BCUT2D eigenvalue weighted by Gasteiger charge is -2.13. The molecule has 0 bridgehead atoms. The van der Waals surface area contributed by atoms with Crippen LogP contribution in [0.3, 0.4) is 0 Å². The highest BCUT2D eigenvalue weighted by atomic mass is 32.2. The zero-order valence-electron chi connectivity index (χ0n) is 14.8. The molecule has 0 fully saturated rings. The maximum atomic E-state index is 12.3. The second-order valence-corrected chi connectivity index (χ2v) is 7.20. The van der Waals surface area contributed by atoms with Crippen LogP contribution in [0.1, 0.15) is 23.1 Å². The molecular weight excluding hydrogens is 364 g/mol. The Morgan fingerprint density at radius 2 is 1.78 bits per heavy atom. The highest BCUT2D eigenvalue weighted by Gasteiger charge is 2.21. The van der Waals surface area contributed by atoms with Crippen molar-refractivity contribution in [3.63, 3.8) is 0 Å². The van der Waals surface area contributed by atoms with Gasteiger partial charge in [-0.3, -0.25) is 9.59 Å². The van der Waals surface area contributed by atoms with E-state index in [1.54, 1.807) is 24.8 Å². The summed E-state index contributed by atoms with van der Waals surface area (Å²) >= 11 is 1.59. The van der Waals surface area contributed by atoms with E-state index >= 15 is 0 Å². The van der Waals surface area contributed by atoms with Gasteiger partial charge < -0.3 is 15.5 Å². The molecule has 3 aromatic rings. The number of amides is 1. The summed E-state index contributed by atoms with van der Waals surface area (Å²) in [5, 5.41) is 23.0. The van der Waals surface area contributed by atoms with Crippen molar-refractivity contribution in [3.8, 4) is 5.75 Å². The Kier molecular flexibility index (Phi) is 5.32. The van der Waals surface area contributed by atoms with E-state index in [-0.39, 0.29) is 11.4 Å². The van der Waals surface area contributed by atoms with Crippen LogP contribution < -0.4 is 5.32 Å². The van der Waals surface area contributed by atoms with E-state index < -0.39 is 17.9 Å². The molecule has 0 radical (unpaired) electrons. The molecule has 1 amide bonds. The number of aromatic nitrogens is 1. The van der Waals surface area contributed by atoms with Crippen LogP contribution in [0.15, 0.2) is 58.3 Å². The van der Waals surface area contributed by atoms with Gasteiger partial charge >= 0.3 is 5.97 Å². The molecule has 27 heavy (non-hydrogen) atoms. The molecule has 6 nitrogen and oxygen atoms in total. The lowest BCUT2D eigenvalue weighted by molar-refractivity contribution is -0.138. The first-order valence-electron chi connectivity index (χ1n) is 8.26. The normalized spacial score (nSPS) is 11.9. The van der Waals surface area contributed by atoms with E-state index in [0.717, 1.165) is 15.2 Å². The van der Waals surface area contributed by atoms with Crippen LogP contribution in [0.5, 0.6) is 5.75 Å². The SMILES string of the molecule is Cc1nc(C(=O)NC(C)C(=O)O)c(O)c2ccc(Sc3ccccc3)cc12. The number of rotatable bonds is 5. The van der Waals surface area contributed by atoms with Gasteiger partial charge in [0.2, 0.25) is 0 Å². The quantitative estimate of drug-likeness (QED) is 0.623. The molecule has 0 aliphatic carbocycles. The Hall–Kier alpha value is -3.06. The van der Waals surface area contributed by atoms with Crippen LogP contribution in [0.4, 0.5) is 0 Å². The van der Waals surface area contributed by atoms with E-state index in [0.29, 0.717) is 11.1 Å². The largest absolute Gasteiger partial charge is 0.505 e. The van der Waals surface area contributed by atoms with Crippen LogP contribution in [0, 0.1) is 6.92 Å². The molecule has 2 aromatic carbocycles. The number of nitrogens with one attached hydrogen (secondary N) is 1. The molecular formula is C20H18N2O4S. The van der Waals surface area contributed by atoms with Gasteiger partial charge in [-0.15, -0.1) is 0 Å². The molecule has 0 saturated heterocycles. The number of aliphatic carboxylic acids is 1. The fraction of sp³-hybridized carbons (Fsp3) is 0.150. The van der Waals surface area contributed by atoms with Crippen LogP contribution in [-0.4, -0.2) is 33.1 Å². The number of carbonyl (C=O) groups excluding carboxylic acids is 1. The van der Waals surface area contributed by atoms with Crippen molar-refractivity contribution < 1.29 is 19.8 Å². The molecule has 1 aromatic heterocycles. The zero-order valence-corrected chi connectivity index (χ0v) is 15.6. The third-order valence-corrected chi connectivity index (χ3v) is 5.05. The molecule has 0 saturated carbocycles. The Morgan fingerprint density at radius 1 is 1.07 bits per heavy atom. The molecule has 1 atom stereocenters. The fourth-order valence-electron chi connectivity index (χ4n) is 2.61. The molecule has 0 spiro atoms. The van der Waals surface area contributed by atoms with Crippen LogP contribution >= 0.6 is 11.8 Å². The predicted molar refractivity (Wildman–Crippen MR) is 103 cm³/mol. The number of fused-ring (bicyclic) bond motifs is 1. The lowest BCUT2D eigenvalue weighted by atomic mass is 10.1. The van der Waals surface area contributed by atoms with Crippen molar-refractivity contribution in [2.24, 2.45) is 0 Å². The summed E-state index contributed by atoms with van der Waals surface area (Å²) in [5.41, 5.74) is 0.392. The summed E-state index contributed by atoms with van der Waals surface area (Å²) in [6.45, 7) is 3.09. The van der Waals surface area contributed by atoms with Gasteiger partial charge in [0.05, 0.1) is 0 Å². The number of benzene rings is 2.